The molecule has 104 valence electrons. The van der Waals surface area contributed by atoms with Gasteiger partial charge >= 0.3 is 0 Å². The number of primary amides is 1. The minimum atomic E-state index is -0.380. The molecule has 3 nitrogen and oxygen atoms in total. The minimum absolute atomic E-state index is 0.115. The molecule has 18 heavy (non-hydrogen) atoms. The summed E-state index contributed by atoms with van der Waals surface area (Å²) in [5.74, 6) is 0.977. The predicted octanol–water partition coefficient (Wildman–Crippen LogP) is 2.63. The maximum Gasteiger partial charge on any atom is 0.244 e. The summed E-state index contributed by atoms with van der Waals surface area (Å²) >= 11 is 0. The largest absolute Gasteiger partial charge is 0.393 e. The molecule has 1 rings (SSSR count). The van der Waals surface area contributed by atoms with Gasteiger partial charge in [-0.15, -0.1) is 0 Å². The molecule has 0 spiro atoms. The predicted molar refractivity (Wildman–Crippen MR) is 73.9 cm³/mol. The van der Waals surface area contributed by atoms with Crippen LogP contribution in [0.15, 0.2) is 11.6 Å². The highest BCUT2D eigenvalue weighted by atomic mass is 16.3. The Morgan fingerprint density at radius 2 is 2.11 bits per heavy atom. The third-order valence-corrected chi connectivity index (χ3v) is 4.01. The van der Waals surface area contributed by atoms with Crippen LogP contribution in [0.25, 0.3) is 0 Å². The number of carbonyl (C=O) groups is 1. The van der Waals surface area contributed by atoms with Gasteiger partial charge in [-0.3, -0.25) is 4.79 Å². The number of aliphatic hydroxyl groups excluding tert-OH is 1. The Hall–Kier alpha value is -0.830. The molecular formula is C15H27NO2. The van der Waals surface area contributed by atoms with Gasteiger partial charge in [0.05, 0.1) is 6.10 Å². The Morgan fingerprint density at radius 1 is 1.44 bits per heavy atom. The number of nitrogens with two attached hydrogens (primary N) is 1. The molecule has 3 N–H and O–H groups in total. The summed E-state index contributed by atoms with van der Waals surface area (Å²) < 4.78 is 0. The van der Waals surface area contributed by atoms with Crippen molar-refractivity contribution >= 4 is 5.91 Å². The van der Waals surface area contributed by atoms with Crippen LogP contribution < -0.4 is 5.73 Å². The van der Waals surface area contributed by atoms with E-state index in [0.717, 1.165) is 25.2 Å². The van der Waals surface area contributed by atoms with E-state index < -0.39 is 0 Å². The second-order valence-electron chi connectivity index (χ2n) is 6.02. The SMILES string of the molecule is CC(=CC1C(O)CCC1CCCC(C)C)C(N)=O. The van der Waals surface area contributed by atoms with Crippen molar-refractivity contribution in [2.45, 2.75) is 59.0 Å². The summed E-state index contributed by atoms with van der Waals surface area (Å²) in [4.78, 5) is 11.1. The molecule has 0 aliphatic heterocycles. The molecule has 1 amide bonds. The van der Waals surface area contributed by atoms with Crippen LogP contribution in [0, 0.1) is 17.8 Å². The molecule has 0 aromatic rings. The van der Waals surface area contributed by atoms with Gasteiger partial charge in [0.2, 0.25) is 5.91 Å². The molecule has 0 heterocycles. The van der Waals surface area contributed by atoms with E-state index in [4.69, 9.17) is 5.73 Å². The van der Waals surface area contributed by atoms with Crippen molar-refractivity contribution in [3.8, 4) is 0 Å². The van der Waals surface area contributed by atoms with Crippen LogP contribution in [0.4, 0.5) is 0 Å². The van der Waals surface area contributed by atoms with Crippen LogP contribution in [0.1, 0.15) is 52.9 Å². The first kappa shape index (κ1) is 15.2. The standard InChI is InChI=1S/C15H27NO2/c1-10(2)5-4-6-12-7-8-14(17)13(12)9-11(3)15(16)18/h9-10,12-14,17H,4-8H2,1-3H3,(H2,16,18). The molecule has 3 unspecified atom stereocenters. The van der Waals surface area contributed by atoms with Gasteiger partial charge in [-0.1, -0.05) is 32.8 Å². The summed E-state index contributed by atoms with van der Waals surface area (Å²) in [6.07, 6.45) is 7.07. The first-order valence-electron chi connectivity index (χ1n) is 7.08. The zero-order chi connectivity index (χ0) is 13.7. The molecular weight excluding hydrogens is 226 g/mol. The monoisotopic (exact) mass is 253 g/mol. The molecule has 0 bridgehead atoms. The smallest absolute Gasteiger partial charge is 0.244 e. The second kappa shape index (κ2) is 6.93. The zero-order valence-corrected chi connectivity index (χ0v) is 11.9. The third kappa shape index (κ3) is 4.45. The fourth-order valence-electron chi connectivity index (χ4n) is 2.83. The van der Waals surface area contributed by atoms with E-state index in [0.29, 0.717) is 11.5 Å². The van der Waals surface area contributed by atoms with E-state index in [-0.39, 0.29) is 17.9 Å². The lowest BCUT2D eigenvalue weighted by atomic mass is 9.87. The molecule has 0 aromatic carbocycles. The molecule has 0 aromatic heterocycles. The van der Waals surface area contributed by atoms with Crippen molar-refractivity contribution in [3.63, 3.8) is 0 Å². The molecule has 0 saturated heterocycles. The van der Waals surface area contributed by atoms with Crippen LogP contribution in [0.2, 0.25) is 0 Å². The topological polar surface area (TPSA) is 63.3 Å². The Morgan fingerprint density at radius 3 is 2.67 bits per heavy atom. The molecule has 3 heteroatoms. The average molecular weight is 253 g/mol. The second-order valence-corrected chi connectivity index (χ2v) is 6.02. The van der Waals surface area contributed by atoms with Gasteiger partial charge in [-0.05, 0) is 38.0 Å². The van der Waals surface area contributed by atoms with E-state index in [9.17, 15) is 9.90 Å². The summed E-state index contributed by atoms with van der Waals surface area (Å²) in [6, 6.07) is 0. The fraction of sp³-hybridized carbons (Fsp3) is 0.800. The summed E-state index contributed by atoms with van der Waals surface area (Å²) in [5, 5.41) is 10.0. The first-order valence-corrected chi connectivity index (χ1v) is 7.08. The molecule has 1 saturated carbocycles. The lowest BCUT2D eigenvalue weighted by Crippen LogP contribution is -2.20. The first-order chi connectivity index (χ1) is 8.41. The Kier molecular flexibility index (Phi) is 5.86. The average Bonchev–Trinajstić information content (AvgIpc) is 2.60. The van der Waals surface area contributed by atoms with Crippen molar-refractivity contribution in [2.24, 2.45) is 23.5 Å². The van der Waals surface area contributed by atoms with Gasteiger partial charge in [0, 0.05) is 11.5 Å². The highest BCUT2D eigenvalue weighted by molar-refractivity contribution is 5.91. The van der Waals surface area contributed by atoms with Gasteiger partial charge in [-0.2, -0.15) is 0 Å². The molecule has 1 fully saturated rings. The molecule has 1 aliphatic rings. The van der Waals surface area contributed by atoms with Crippen molar-refractivity contribution in [1.82, 2.24) is 0 Å². The highest BCUT2D eigenvalue weighted by Gasteiger charge is 2.33. The number of aliphatic hydroxyl groups is 1. The van der Waals surface area contributed by atoms with Gasteiger partial charge in [0.25, 0.3) is 0 Å². The van der Waals surface area contributed by atoms with Crippen LogP contribution in [-0.4, -0.2) is 17.1 Å². The Balaban J connectivity index is 2.56. The lowest BCUT2D eigenvalue weighted by Gasteiger charge is -2.19. The van der Waals surface area contributed by atoms with Crippen LogP contribution in [0.5, 0.6) is 0 Å². The maximum absolute atomic E-state index is 11.1. The van der Waals surface area contributed by atoms with Gasteiger partial charge in [0.1, 0.15) is 0 Å². The van der Waals surface area contributed by atoms with Crippen molar-refractivity contribution in [3.05, 3.63) is 11.6 Å². The van der Waals surface area contributed by atoms with E-state index in [2.05, 4.69) is 13.8 Å². The van der Waals surface area contributed by atoms with Gasteiger partial charge in [-0.25, -0.2) is 0 Å². The van der Waals surface area contributed by atoms with Crippen LogP contribution >= 0.6 is 0 Å². The van der Waals surface area contributed by atoms with Crippen molar-refractivity contribution in [2.75, 3.05) is 0 Å². The van der Waals surface area contributed by atoms with Crippen LogP contribution in [0.3, 0.4) is 0 Å². The number of amides is 1. The Bertz CT molecular complexity index is 310. The lowest BCUT2D eigenvalue weighted by molar-refractivity contribution is -0.114. The quantitative estimate of drug-likeness (QED) is 0.715. The van der Waals surface area contributed by atoms with E-state index >= 15 is 0 Å². The molecule has 0 radical (unpaired) electrons. The minimum Gasteiger partial charge on any atom is -0.393 e. The molecule has 1 aliphatic carbocycles. The zero-order valence-electron chi connectivity index (χ0n) is 11.9. The third-order valence-electron chi connectivity index (χ3n) is 4.01. The number of rotatable bonds is 6. The number of hydrogen-bond acceptors (Lipinski definition) is 2. The Labute approximate surface area is 110 Å². The van der Waals surface area contributed by atoms with Gasteiger partial charge < -0.3 is 10.8 Å². The normalized spacial score (nSPS) is 28.9. The fourth-order valence-corrected chi connectivity index (χ4v) is 2.83. The number of carbonyl (C=O) groups excluding carboxylic acids is 1. The summed E-state index contributed by atoms with van der Waals surface area (Å²) in [6.45, 7) is 6.20. The maximum atomic E-state index is 11.1. The number of hydrogen-bond donors (Lipinski definition) is 2. The molecule has 3 atom stereocenters. The van der Waals surface area contributed by atoms with E-state index in [1.165, 1.54) is 12.8 Å². The van der Waals surface area contributed by atoms with E-state index in [1.807, 2.05) is 6.08 Å². The van der Waals surface area contributed by atoms with Gasteiger partial charge in [0.15, 0.2) is 0 Å². The summed E-state index contributed by atoms with van der Waals surface area (Å²) in [5.41, 5.74) is 5.83. The van der Waals surface area contributed by atoms with Crippen LogP contribution in [-0.2, 0) is 4.79 Å². The van der Waals surface area contributed by atoms with Crippen molar-refractivity contribution < 1.29 is 9.90 Å². The van der Waals surface area contributed by atoms with E-state index in [1.54, 1.807) is 6.92 Å². The highest BCUT2D eigenvalue weighted by Crippen LogP contribution is 2.37. The van der Waals surface area contributed by atoms with Crippen molar-refractivity contribution in [1.29, 1.82) is 0 Å². The summed E-state index contributed by atoms with van der Waals surface area (Å²) in [7, 11) is 0.